The lowest BCUT2D eigenvalue weighted by Crippen LogP contribution is -2.14. The van der Waals surface area contributed by atoms with Gasteiger partial charge in [0, 0.05) is 12.4 Å². The smallest absolute Gasteiger partial charge is 0.243 e. The zero-order chi connectivity index (χ0) is 7.82. The Balaban J connectivity index is 0.000000162. The van der Waals surface area contributed by atoms with Gasteiger partial charge in [-0.1, -0.05) is 0 Å². The summed E-state index contributed by atoms with van der Waals surface area (Å²) in [6.45, 7) is -0.556. The number of hydrogen-bond donors (Lipinski definition) is 3. The van der Waals surface area contributed by atoms with Crippen LogP contribution >= 0.6 is 0 Å². The molecule has 1 aromatic rings. The molecule has 5 heteroatoms. The van der Waals surface area contributed by atoms with E-state index in [9.17, 15) is 4.79 Å². The minimum absolute atomic E-state index is 0.556. The van der Waals surface area contributed by atoms with E-state index in [0.29, 0.717) is 0 Å². The number of primary amides is 1. The predicted octanol–water partition coefficient (Wildman–Crippen LogP) is -1.13. The molecule has 0 atom stereocenters. The number of nitrogens with zero attached hydrogens (tertiary/aromatic N) is 1. The third-order valence-electron chi connectivity index (χ3n) is 0.562. The number of aromatic nitrogens is 2. The van der Waals surface area contributed by atoms with E-state index in [1.807, 2.05) is 6.07 Å². The van der Waals surface area contributed by atoms with Crippen molar-refractivity contribution in [1.29, 1.82) is 0 Å². The van der Waals surface area contributed by atoms with Crippen LogP contribution < -0.4 is 5.73 Å². The van der Waals surface area contributed by atoms with E-state index >= 15 is 0 Å². The number of nitrogens with one attached hydrogen (secondary N) is 1. The van der Waals surface area contributed by atoms with Crippen molar-refractivity contribution in [3.8, 4) is 0 Å². The molecule has 5 nitrogen and oxygen atoms in total. The minimum atomic E-state index is -0.690. The van der Waals surface area contributed by atoms with E-state index in [2.05, 4.69) is 15.9 Å². The summed E-state index contributed by atoms with van der Waals surface area (Å²) in [5.41, 5.74) is 4.40. The van der Waals surface area contributed by atoms with Crippen LogP contribution in [0.4, 0.5) is 0 Å². The molecule has 1 aromatic heterocycles. The molecule has 0 aromatic carbocycles. The van der Waals surface area contributed by atoms with Crippen LogP contribution in [0.25, 0.3) is 0 Å². The normalized spacial score (nSPS) is 7.70. The maximum absolute atomic E-state index is 9.34. The molecule has 4 N–H and O–H groups in total. The predicted molar refractivity (Wildman–Crippen MR) is 34.9 cm³/mol. The Morgan fingerprint density at radius 2 is 2.40 bits per heavy atom. The van der Waals surface area contributed by atoms with Crippen LogP contribution in [0.2, 0.25) is 0 Å². The summed E-state index contributed by atoms with van der Waals surface area (Å²) in [5.74, 6) is -0.690. The molecule has 56 valence electrons. The van der Waals surface area contributed by atoms with Crippen molar-refractivity contribution in [2.75, 3.05) is 6.61 Å². The third-order valence-corrected chi connectivity index (χ3v) is 0.562. The lowest BCUT2D eigenvalue weighted by Gasteiger charge is -1.73. The zero-order valence-electron chi connectivity index (χ0n) is 5.32. The molecule has 1 rings (SSSR count). The molecule has 1 heterocycles. The minimum Gasteiger partial charge on any atom is -0.387 e. The molecule has 0 aliphatic heterocycles. The molecule has 0 radical (unpaired) electrons. The number of carbonyl (C=O) groups is 1. The lowest BCUT2D eigenvalue weighted by molar-refractivity contribution is -0.120. The van der Waals surface area contributed by atoms with Gasteiger partial charge in [-0.25, -0.2) is 0 Å². The number of amides is 1. The van der Waals surface area contributed by atoms with Gasteiger partial charge in [0.2, 0.25) is 5.91 Å². The molecule has 0 spiro atoms. The van der Waals surface area contributed by atoms with Crippen LogP contribution in [0.5, 0.6) is 0 Å². The molecular weight excluding hydrogens is 134 g/mol. The Kier molecular flexibility index (Phi) is 4.99. The van der Waals surface area contributed by atoms with Gasteiger partial charge >= 0.3 is 0 Å². The highest BCUT2D eigenvalue weighted by Gasteiger charge is 1.78. The molecular formula is C5H9N3O2. The molecule has 0 aliphatic carbocycles. The van der Waals surface area contributed by atoms with E-state index in [0.717, 1.165) is 0 Å². The van der Waals surface area contributed by atoms with Crippen molar-refractivity contribution in [3.05, 3.63) is 18.5 Å². The Morgan fingerprint density at radius 3 is 2.50 bits per heavy atom. The topological polar surface area (TPSA) is 92.0 Å². The molecule has 0 bridgehead atoms. The van der Waals surface area contributed by atoms with E-state index in [-0.39, 0.29) is 0 Å². The third kappa shape index (κ3) is 6.64. The number of hydrogen-bond acceptors (Lipinski definition) is 3. The fourth-order valence-electron chi connectivity index (χ4n) is 0.215. The lowest BCUT2D eigenvalue weighted by atomic mass is 10.7. The second kappa shape index (κ2) is 5.77. The van der Waals surface area contributed by atoms with Gasteiger partial charge in [0.1, 0.15) is 6.61 Å². The van der Waals surface area contributed by atoms with Crippen LogP contribution in [-0.2, 0) is 4.79 Å². The van der Waals surface area contributed by atoms with E-state index < -0.39 is 12.5 Å². The average molecular weight is 143 g/mol. The highest BCUT2D eigenvalue weighted by atomic mass is 16.3. The van der Waals surface area contributed by atoms with Gasteiger partial charge in [0.15, 0.2) is 0 Å². The van der Waals surface area contributed by atoms with E-state index in [4.69, 9.17) is 5.11 Å². The summed E-state index contributed by atoms with van der Waals surface area (Å²) in [6, 6.07) is 1.83. The summed E-state index contributed by atoms with van der Waals surface area (Å²) < 4.78 is 0. The van der Waals surface area contributed by atoms with Gasteiger partial charge in [-0.05, 0) is 6.07 Å². The van der Waals surface area contributed by atoms with Crippen LogP contribution in [-0.4, -0.2) is 27.8 Å². The first-order valence-corrected chi connectivity index (χ1v) is 2.60. The number of nitrogens with two attached hydrogens (primary N) is 1. The largest absolute Gasteiger partial charge is 0.387 e. The van der Waals surface area contributed by atoms with Crippen molar-refractivity contribution in [1.82, 2.24) is 10.2 Å². The summed E-state index contributed by atoms with van der Waals surface area (Å²) in [7, 11) is 0. The fraction of sp³-hybridized carbons (Fsp3) is 0.200. The average Bonchev–Trinajstić information content (AvgIpc) is 2.43. The molecule has 1 amide bonds. The number of aliphatic hydroxyl groups excluding tert-OH is 1. The number of rotatable bonds is 1. The van der Waals surface area contributed by atoms with Gasteiger partial charge in [-0.3, -0.25) is 9.89 Å². The maximum Gasteiger partial charge on any atom is 0.243 e. The summed E-state index contributed by atoms with van der Waals surface area (Å²) in [4.78, 5) is 9.34. The summed E-state index contributed by atoms with van der Waals surface area (Å²) >= 11 is 0. The van der Waals surface area contributed by atoms with Gasteiger partial charge in [-0.2, -0.15) is 5.10 Å². The Hall–Kier alpha value is -1.36. The first-order chi connectivity index (χ1) is 4.77. The van der Waals surface area contributed by atoms with Crippen molar-refractivity contribution < 1.29 is 9.90 Å². The molecule has 0 saturated heterocycles. The zero-order valence-corrected chi connectivity index (χ0v) is 5.32. The first kappa shape index (κ1) is 8.64. The van der Waals surface area contributed by atoms with Crippen molar-refractivity contribution in [2.24, 2.45) is 5.73 Å². The van der Waals surface area contributed by atoms with Gasteiger partial charge < -0.3 is 10.8 Å². The standard InChI is InChI=1S/C3H4N2.C2H5NO2/c1-2-4-5-3-1;3-2(5)1-4/h1-3H,(H,4,5);4H,1H2,(H2,3,5). The SMILES string of the molecule is NC(=O)CO.c1cn[nH]c1. The van der Waals surface area contributed by atoms with Gasteiger partial charge in [0.05, 0.1) is 0 Å². The van der Waals surface area contributed by atoms with Gasteiger partial charge in [-0.15, -0.1) is 0 Å². The van der Waals surface area contributed by atoms with Crippen LogP contribution in [0, 0.1) is 0 Å². The van der Waals surface area contributed by atoms with Crippen LogP contribution in [0.15, 0.2) is 18.5 Å². The van der Waals surface area contributed by atoms with E-state index in [1.54, 1.807) is 12.4 Å². The Bertz CT molecular complexity index is 144. The number of aliphatic hydroxyl groups is 1. The number of carbonyl (C=O) groups excluding carboxylic acids is 1. The molecule has 10 heavy (non-hydrogen) atoms. The van der Waals surface area contributed by atoms with Crippen molar-refractivity contribution in [2.45, 2.75) is 0 Å². The van der Waals surface area contributed by atoms with Gasteiger partial charge in [0.25, 0.3) is 0 Å². The molecule has 0 saturated carbocycles. The summed E-state index contributed by atoms with van der Waals surface area (Å²) in [6.07, 6.45) is 3.46. The highest BCUT2D eigenvalue weighted by molar-refractivity contribution is 5.74. The second-order valence-electron chi connectivity index (χ2n) is 1.39. The van der Waals surface area contributed by atoms with Crippen molar-refractivity contribution >= 4 is 5.91 Å². The van der Waals surface area contributed by atoms with Crippen LogP contribution in [0.3, 0.4) is 0 Å². The molecule has 0 fully saturated rings. The second-order valence-corrected chi connectivity index (χ2v) is 1.39. The molecule has 0 aliphatic rings. The fourth-order valence-corrected chi connectivity index (χ4v) is 0.215. The first-order valence-electron chi connectivity index (χ1n) is 2.60. The van der Waals surface area contributed by atoms with Crippen molar-refractivity contribution in [3.63, 3.8) is 0 Å². The quantitative estimate of drug-likeness (QED) is 0.464. The number of H-pyrrole nitrogens is 1. The number of aromatic amines is 1. The maximum atomic E-state index is 9.34. The Labute approximate surface area is 57.9 Å². The Morgan fingerprint density at radius 1 is 1.80 bits per heavy atom. The van der Waals surface area contributed by atoms with E-state index in [1.165, 1.54) is 0 Å². The monoisotopic (exact) mass is 143 g/mol. The van der Waals surface area contributed by atoms with Crippen LogP contribution in [0.1, 0.15) is 0 Å². The molecule has 0 unspecified atom stereocenters. The highest BCUT2D eigenvalue weighted by Crippen LogP contribution is 1.64. The summed E-state index contributed by atoms with van der Waals surface area (Å²) in [5, 5.41) is 13.9.